The van der Waals surface area contributed by atoms with E-state index in [-0.39, 0.29) is 30.3 Å². The maximum atomic E-state index is 12.1. The summed E-state index contributed by atoms with van der Waals surface area (Å²) in [4.78, 5) is 27.0. The Morgan fingerprint density at radius 1 is 1.10 bits per heavy atom. The summed E-state index contributed by atoms with van der Waals surface area (Å²) < 4.78 is 0.765. The number of nitrogens with one attached hydrogen (secondary N) is 2. The summed E-state index contributed by atoms with van der Waals surface area (Å²) in [5.74, 6) is -0.982. The number of azo groups is 1. The third-order valence-electron chi connectivity index (χ3n) is 4.54. The topological polar surface area (TPSA) is 107 Å². The Hall–Kier alpha value is -3.00. The number of amides is 2. The number of carbonyl (C=O) groups is 2. The first-order valence-electron chi connectivity index (χ1n) is 9.07. The smallest absolute Gasteiger partial charge is 0.265 e. The van der Waals surface area contributed by atoms with E-state index < -0.39 is 5.91 Å². The summed E-state index contributed by atoms with van der Waals surface area (Å²) in [5.41, 5.74) is 4.54. The molecule has 29 heavy (non-hydrogen) atoms. The largest absolute Gasteiger partial charge is 0.493 e. The SMILES string of the molecule is Cc1ccc(C)c(NC(=O)CCC(=O)N=Nc2c(O)[nH]c3ccc(C)c(Br)c23)c1. The summed E-state index contributed by atoms with van der Waals surface area (Å²) in [6, 6.07) is 9.48. The highest BCUT2D eigenvalue weighted by Gasteiger charge is 2.15. The van der Waals surface area contributed by atoms with E-state index in [9.17, 15) is 14.7 Å². The average molecular weight is 457 g/mol. The molecule has 0 aliphatic rings. The lowest BCUT2D eigenvalue weighted by Gasteiger charge is -2.08. The van der Waals surface area contributed by atoms with Crippen molar-refractivity contribution in [3.8, 4) is 5.88 Å². The van der Waals surface area contributed by atoms with Gasteiger partial charge in [0.2, 0.25) is 11.8 Å². The molecule has 0 bridgehead atoms. The molecule has 3 N–H and O–H groups in total. The van der Waals surface area contributed by atoms with Crippen LogP contribution in [0.2, 0.25) is 0 Å². The van der Waals surface area contributed by atoms with Crippen LogP contribution in [0, 0.1) is 20.8 Å². The van der Waals surface area contributed by atoms with Crippen molar-refractivity contribution in [2.45, 2.75) is 33.6 Å². The zero-order valence-electron chi connectivity index (χ0n) is 16.3. The van der Waals surface area contributed by atoms with Crippen molar-refractivity contribution in [3.63, 3.8) is 0 Å². The molecule has 0 aliphatic carbocycles. The van der Waals surface area contributed by atoms with Crippen molar-refractivity contribution in [1.82, 2.24) is 4.98 Å². The van der Waals surface area contributed by atoms with Gasteiger partial charge in [0.25, 0.3) is 5.91 Å². The van der Waals surface area contributed by atoms with Gasteiger partial charge >= 0.3 is 0 Å². The standard InChI is InChI=1S/C21H21BrN4O3/c1-11-4-5-12(2)15(10-11)23-16(27)8-9-17(28)25-26-20-18-14(24-21(20)29)7-6-13(3)19(18)22/h4-7,10,24,29H,8-9H2,1-3H3,(H,23,27). The fourth-order valence-corrected chi connectivity index (χ4v) is 3.41. The number of H-pyrrole nitrogens is 1. The number of aromatic hydroxyl groups is 1. The molecule has 7 nitrogen and oxygen atoms in total. The third-order valence-corrected chi connectivity index (χ3v) is 5.57. The lowest BCUT2D eigenvalue weighted by Crippen LogP contribution is -2.13. The van der Waals surface area contributed by atoms with Crippen LogP contribution in [0.15, 0.2) is 45.0 Å². The van der Waals surface area contributed by atoms with Crippen LogP contribution in [0.1, 0.15) is 29.5 Å². The van der Waals surface area contributed by atoms with Gasteiger partial charge in [0.1, 0.15) is 0 Å². The van der Waals surface area contributed by atoms with Crippen molar-refractivity contribution in [2.24, 2.45) is 10.2 Å². The molecule has 1 aromatic heterocycles. The van der Waals surface area contributed by atoms with Crippen LogP contribution in [0.25, 0.3) is 10.9 Å². The van der Waals surface area contributed by atoms with Gasteiger partial charge in [0.05, 0.1) is 5.52 Å². The highest BCUT2D eigenvalue weighted by atomic mass is 79.9. The van der Waals surface area contributed by atoms with Gasteiger partial charge in [0.15, 0.2) is 5.69 Å². The monoisotopic (exact) mass is 456 g/mol. The Morgan fingerprint density at radius 3 is 2.59 bits per heavy atom. The van der Waals surface area contributed by atoms with Gasteiger partial charge in [-0.05, 0) is 65.5 Å². The van der Waals surface area contributed by atoms with Gasteiger partial charge in [-0.25, -0.2) is 0 Å². The van der Waals surface area contributed by atoms with Gasteiger partial charge < -0.3 is 15.4 Å². The van der Waals surface area contributed by atoms with E-state index in [0.29, 0.717) is 10.9 Å². The fourth-order valence-electron chi connectivity index (χ4n) is 2.88. The Balaban J connectivity index is 1.65. The lowest BCUT2D eigenvalue weighted by molar-refractivity contribution is -0.122. The van der Waals surface area contributed by atoms with Crippen molar-refractivity contribution < 1.29 is 14.7 Å². The van der Waals surface area contributed by atoms with E-state index in [2.05, 4.69) is 36.5 Å². The second kappa shape index (κ2) is 8.57. The van der Waals surface area contributed by atoms with Gasteiger partial charge in [0, 0.05) is 28.4 Å². The molecular weight excluding hydrogens is 436 g/mol. The molecule has 1 heterocycles. The summed E-state index contributed by atoms with van der Waals surface area (Å²) >= 11 is 3.47. The number of aromatic nitrogens is 1. The van der Waals surface area contributed by atoms with Crippen LogP contribution in [0.3, 0.4) is 0 Å². The summed E-state index contributed by atoms with van der Waals surface area (Å²) in [5, 5.41) is 21.1. The van der Waals surface area contributed by atoms with E-state index >= 15 is 0 Å². The Kier molecular flexibility index (Phi) is 6.12. The highest BCUT2D eigenvalue weighted by molar-refractivity contribution is 9.10. The summed E-state index contributed by atoms with van der Waals surface area (Å²) in [6.07, 6.45) is -0.0859. The first kappa shape index (κ1) is 20.7. The molecular formula is C21H21BrN4O3. The Bertz CT molecular complexity index is 1130. The van der Waals surface area contributed by atoms with E-state index in [1.165, 1.54) is 0 Å². The number of carbonyl (C=O) groups excluding carboxylic acids is 2. The van der Waals surface area contributed by atoms with Gasteiger partial charge in [-0.15, -0.1) is 10.2 Å². The quantitative estimate of drug-likeness (QED) is 0.435. The van der Waals surface area contributed by atoms with Gasteiger partial charge in [-0.1, -0.05) is 18.2 Å². The molecule has 3 rings (SSSR count). The number of rotatable bonds is 5. The van der Waals surface area contributed by atoms with E-state index in [1.807, 2.05) is 51.1 Å². The van der Waals surface area contributed by atoms with E-state index in [1.54, 1.807) is 0 Å². The molecule has 8 heteroatoms. The van der Waals surface area contributed by atoms with Crippen LogP contribution in [-0.2, 0) is 9.59 Å². The Morgan fingerprint density at radius 2 is 1.83 bits per heavy atom. The van der Waals surface area contributed by atoms with Crippen molar-refractivity contribution >= 4 is 50.0 Å². The van der Waals surface area contributed by atoms with Crippen LogP contribution >= 0.6 is 15.9 Å². The molecule has 0 radical (unpaired) electrons. The number of aryl methyl sites for hydroxylation is 3. The maximum Gasteiger partial charge on any atom is 0.265 e. The molecule has 0 atom stereocenters. The second-order valence-corrected chi connectivity index (χ2v) is 7.69. The van der Waals surface area contributed by atoms with Crippen LogP contribution < -0.4 is 5.32 Å². The fraction of sp³-hybridized carbons (Fsp3) is 0.238. The zero-order chi connectivity index (χ0) is 21.1. The van der Waals surface area contributed by atoms with Crippen LogP contribution in [-0.4, -0.2) is 21.9 Å². The Labute approximate surface area is 176 Å². The van der Waals surface area contributed by atoms with Gasteiger partial charge in [-0.2, -0.15) is 0 Å². The maximum absolute atomic E-state index is 12.1. The number of benzene rings is 2. The molecule has 0 fully saturated rings. The predicted octanol–water partition coefficient (Wildman–Crippen LogP) is 5.59. The van der Waals surface area contributed by atoms with E-state index in [0.717, 1.165) is 26.9 Å². The second-order valence-electron chi connectivity index (χ2n) is 6.90. The molecule has 2 aromatic carbocycles. The summed E-state index contributed by atoms with van der Waals surface area (Å²) in [6.45, 7) is 5.76. The molecule has 0 saturated heterocycles. The number of halogens is 1. The molecule has 0 unspecified atom stereocenters. The van der Waals surface area contributed by atoms with E-state index in [4.69, 9.17) is 0 Å². The third kappa shape index (κ3) is 4.71. The highest BCUT2D eigenvalue weighted by Crippen LogP contribution is 2.41. The average Bonchev–Trinajstić information content (AvgIpc) is 3.00. The molecule has 3 aromatic rings. The minimum atomic E-state index is -0.543. The minimum Gasteiger partial charge on any atom is -0.493 e. The van der Waals surface area contributed by atoms with Crippen LogP contribution in [0.5, 0.6) is 5.88 Å². The van der Waals surface area contributed by atoms with Crippen LogP contribution in [0.4, 0.5) is 11.4 Å². The molecule has 0 aliphatic heterocycles. The molecule has 150 valence electrons. The number of nitrogens with zero attached hydrogens (tertiary/aromatic N) is 2. The first-order valence-corrected chi connectivity index (χ1v) is 9.87. The number of hydrogen-bond acceptors (Lipinski definition) is 4. The number of aromatic amines is 1. The van der Waals surface area contributed by atoms with Crippen molar-refractivity contribution in [3.05, 3.63) is 51.5 Å². The number of hydrogen-bond donors (Lipinski definition) is 3. The molecule has 0 spiro atoms. The molecule has 2 amide bonds. The number of anilines is 1. The number of fused-ring (bicyclic) bond motifs is 1. The van der Waals surface area contributed by atoms with Crippen molar-refractivity contribution in [2.75, 3.05) is 5.32 Å². The lowest BCUT2D eigenvalue weighted by atomic mass is 10.1. The normalized spacial score (nSPS) is 11.3. The first-order chi connectivity index (χ1) is 13.8. The molecule has 0 saturated carbocycles. The summed E-state index contributed by atoms with van der Waals surface area (Å²) in [7, 11) is 0. The zero-order valence-corrected chi connectivity index (χ0v) is 17.9. The minimum absolute atomic E-state index is 0.00605. The predicted molar refractivity (Wildman–Crippen MR) is 116 cm³/mol. The van der Waals surface area contributed by atoms with Crippen molar-refractivity contribution in [1.29, 1.82) is 0 Å². The van der Waals surface area contributed by atoms with Gasteiger partial charge in [-0.3, -0.25) is 9.59 Å².